The Morgan fingerprint density at radius 1 is 1.27 bits per heavy atom. The number of hydrogen-bond donors (Lipinski definition) is 2. The van der Waals surface area contributed by atoms with Crippen molar-refractivity contribution in [2.75, 3.05) is 37.4 Å². The number of nitrogens with one attached hydrogen (secondary N) is 2. The van der Waals surface area contributed by atoms with Crippen molar-refractivity contribution in [3.8, 4) is 0 Å². The van der Waals surface area contributed by atoms with E-state index in [9.17, 15) is 14.9 Å². The molecule has 0 aromatic heterocycles. The van der Waals surface area contributed by atoms with Crippen LogP contribution in [0.1, 0.15) is 15.9 Å². The number of para-hydroxylation sites is 1. The summed E-state index contributed by atoms with van der Waals surface area (Å²) in [7, 11) is 3.43. The van der Waals surface area contributed by atoms with E-state index >= 15 is 0 Å². The molecule has 2 aromatic carbocycles. The second-order valence-corrected chi connectivity index (χ2v) is 6.01. The van der Waals surface area contributed by atoms with E-state index in [-0.39, 0.29) is 11.3 Å². The number of amidine groups is 1. The summed E-state index contributed by atoms with van der Waals surface area (Å²) in [5.74, 6) is 0.319. The summed E-state index contributed by atoms with van der Waals surface area (Å²) in [5, 5.41) is 17.3. The number of anilines is 2. The van der Waals surface area contributed by atoms with Crippen molar-refractivity contribution in [3.05, 3.63) is 63.7 Å². The second-order valence-electron chi connectivity index (χ2n) is 6.01. The molecule has 8 heteroatoms. The molecule has 1 aliphatic heterocycles. The van der Waals surface area contributed by atoms with Gasteiger partial charge in [-0.15, -0.1) is 0 Å². The molecule has 134 valence electrons. The predicted molar refractivity (Wildman–Crippen MR) is 101 cm³/mol. The average Bonchev–Trinajstić information content (AvgIpc) is 3.16. The molecule has 8 nitrogen and oxygen atoms in total. The van der Waals surface area contributed by atoms with Gasteiger partial charge in [-0.3, -0.25) is 19.9 Å². The number of aliphatic imine (C=N–C) groups is 1. The van der Waals surface area contributed by atoms with Gasteiger partial charge in [0, 0.05) is 37.8 Å². The van der Waals surface area contributed by atoms with Crippen LogP contribution in [0.15, 0.2) is 47.5 Å². The number of nitro benzene ring substituents is 1. The molecule has 0 aliphatic carbocycles. The number of carbonyl (C=O) groups excluding carboxylic acids is 1. The first-order chi connectivity index (χ1) is 12.5. The zero-order valence-electron chi connectivity index (χ0n) is 14.5. The Labute approximate surface area is 150 Å². The van der Waals surface area contributed by atoms with E-state index in [0.29, 0.717) is 17.9 Å². The van der Waals surface area contributed by atoms with E-state index in [2.05, 4.69) is 15.6 Å². The van der Waals surface area contributed by atoms with E-state index in [1.807, 2.05) is 18.2 Å². The van der Waals surface area contributed by atoms with Crippen LogP contribution in [0.3, 0.4) is 0 Å². The van der Waals surface area contributed by atoms with Gasteiger partial charge in [-0.1, -0.05) is 12.1 Å². The fourth-order valence-electron chi connectivity index (χ4n) is 2.76. The van der Waals surface area contributed by atoms with Crippen molar-refractivity contribution in [2.45, 2.75) is 0 Å². The molecule has 1 amide bonds. The number of carbonyl (C=O) groups is 1. The van der Waals surface area contributed by atoms with Crippen molar-refractivity contribution < 1.29 is 9.72 Å². The molecule has 0 spiro atoms. The molecule has 0 atom stereocenters. The Kier molecular flexibility index (Phi) is 4.83. The summed E-state index contributed by atoms with van der Waals surface area (Å²) in [6.07, 6.45) is 0. The minimum Gasteiger partial charge on any atom is -0.372 e. The molecule has 0 fully saturated rings. The highest BCUT2D eigenvalue weighted by Crippen LogP contribution is 2.28. The molecule has 0 radical (unpaired) electrons. The van der Waals surface area contributed by atoms with Crippen LogP contribution in [0.5, 0.6) is 0 Å². The molecule has 0 saturated carbocycles. The maximum Gasteiger partial charge on any atom is 0.293 e. The summed E-state index contributed by atoms with van der Waals surface area (Å²) in [4.78, 5) is 29.5. The Bertz CT molecular complexity index is 892. The van der Waals surface area contributed by atoms with E-state index < -0.39 is 10.8 Å². The third kappa shape index (κ3) is 3.49. The topological polar surface area (TPSA) is 99.9 Å². The summed E-state index contributed by atoms with van der Waals surface area (Å²) in [6, 6.07) is 11.8. The van der Waals surface area contributed by atoms with Crippen LogP contribution >= 0.6 is 0 Å². The minimum absolute atomic E-state index is 0.113. The third-order valence-electron chi connectivity index (χ3n) is 4.02. The zero-order valence-corrected chi connectivity index (χ0v) is 14.5. The van der Waals surface area contributed by atoms with Gasteiger partial charge in [-0.05, 0) is 24.3 Å². The molecule has 1 heterocycles. The number of amides is 1. The lowest BCUT2D eigenvalue weighted by Gasteiger charge is -2.14. The van der Waals surface area contributed by atoms with Gasteiger partial charge in [0.1, 0.15) is 11.5 Å². The van der Waals surface area contributed by atoms with Gasteiger partial charge in [0.25, 0.3) is 11.6 Å². The van der Waals surface area contributed by atoms with E-state index in [1.165, 1.54) is 6.07 Å². The maximum atomic E-state index is 12.6. The number of hydrogen-bond acceptors (Lipinski definition) is 6. The fraction of sp³-hybridized carbons (Fsp3) is 0.222. The standard InChI is InChI=1S/C18H19N5O3/c1-22(2)15-8-7-12(11-16(15)23(25)26)18(24)21-14-6-4-3-5-13(14)17-19-9-10-20-17/h3-8,11H,9-10H2,1-2H3,(H,19,20)(H,21,24). The number of benzene rings is 2. The van der Waals surface area contributed by atoms with E-state index in [0.717, 1.165) is 17.9 Å². The van der Waals surface area contributed by atoms with Crippen molar-refractivity contribution in [2.24, 2.45) is 4.99 Å². The SMILES string of the molecule is CN(C)c1ccc(C(=O)Nc2ccccc2C2=NCCN2)cc1[N+](=O)[O-]. The largest absolute Gasteiger partial charge is 0.372 e. The van der Waals surface area contributed by atoms with Gasteiger partial charge in [-0.2, -0.15) is 0 Å². The highest BCUT2D eigenvalue weighted by molar-refractivity contribution is 6.11. The average molecular weight is 353 g/mol. The molecule has 2 N–H and O–H groups in total. The van der Waals surface area contributed by atoms with Crippen LogP contribution in [-0.2, 0) is 0 Å². The Balaban J connectivity index is 1.90. The minimum atomic E-state index is -0.489. The van der Waals surface area contributed by atoms with Gasteiger partial charge < -0.3 is 15.5 Å². The molecule has 2 aromatic rings. The van der Waals surface area contributed by atoms with Crippen molar-refractivity contribution >= 4 is 28.8 Å². The quantitative estimate of drug-likeness (QED) is 0.634. The van der Waals surface area contributed by atoms with Crippen molar-refractivity contribution in [1.82, 2.24) is 5.32 Å². The molecule has 1 aliphatic rings. The van der Waals surface area contributed by atoms with Crippen molar-refractivity contribution in [3.63, 3.8) is 0 Å². The zero-order chi connectivity index (χ0) is 18.7. The molecule has 0 saturated heterocycles. The first-order valence-corrected chi connectivity index (χ1v) is 8.12. The Hall–Kier alpha value is -3.42. The highest BCUT2D eigenvalue weighted by Gasteiger charge is 2.20. The molecule has 0 unspecified atom stereocenters. The number of rotatable bonds is 5. The van der Waals surface area contributed by atoms with Crippen LogP contribution < -0.4 is 15.5 Å². The second kappa shape index (κ2) is 7.22. The summed E-state index contributed by atoms with van der Waals surface area (Å²) in [6.45, 7) is 1.45. The normalized spacial score (nSPS) is 12.9. The van der Waals surface area contributed by atoms with Gasteiger partial charge >= 0.3 is 0 Å². The van der Waals surface area contributed by atoms with Gasteiger partial charge in [-0.25, -0.2) is 0 Å². The van der Waals surface area contributed by atoms with E-state index in [4.69, 9.17) is 0 Å². The van der Waals surface area contributed by atoms with Gasteiger partial charge in [0.15, 0.2) is 0 Å². The van der Waals surface area contributed by atoms with Crippen LogP contribution in [0.25, 0.3) is 0 Å². The summed E-state index contributed by atoms with van der Waals surface area (Å²) >= 11 is 0. The lowest BCUT2D eigenvalue weighted by atomic mass is 10.1. The molecule has 26 heavy (non-hydrogen) atoms. The Morgan fingerprint density at radius 3 is 2.69 bits per heavy atom. The fourth-order valence-corrected chi connectivity index (χ4v) is 2.76. The Morgan fingerprint density at radius 2 is 2.04 bits per heavy atom. The summed E-state index contributed by atoms with van der Waals surface area (Å²) in [5.41, 5.74) is 1.94. The van der Waals surface area contributed by atoms with Gasteiger partial charge in [0.2, 0.25) is 0 Å². The maximum absolute atomic E-state index is 12.6. The monoisotopic (exact) mass is 353 g/mol. The third-order valence-corrected chi connectivity index (χ3v) is 4.02. The van der Waals surface area contributed by atoms with Crippen molar-refractivity contribution in [1.29, 1.82) is 0 Å². The van der Waals surface area contributed by atoms with Crippen LogP contribution in [0, 0.1) is 10.1 Å². The summed E-state index contributed by atoms with van der Waals surface area (Å²) < 4.78 is 0. The molecule has 0 bridgehead atoms. The predicted octanol–water partition coefficient (Wildman–Crippen LogP) is 2.26. The first kappa shape index (κ1) is 17.4. The van der Waals surface area contributed by atoms with Crippen LogP contribution in [-0.4, -0.2) is 43.9 Å². The van der Waals surface area contributed by atoms with E-state index in [1.54, 1.807) is 37.2 Å². The lowest BCUT2D eigenvalue weighted by molar-refractivity contribution is -0.384. The molecular weight excluding hydrogens is 334 g/mol. The van der Waals surface area contributed by atoms with Gasteiger partial charge in [0.05, 0.1) is 17.2 Å². The molecule has 3 rings (SSSR count). The molecular formula is C18H19N5O3. The van der Waals surface area contributed by atoms with Crippen LogP contribution in [0.2, 0.25) is 0 Å². The number of nitrogens with zero attached hydrogens (tertiary/aromatic N) is 3. The smallest absolute Gasteiger partial charge is 0.293 e. The highest BCUT2D eigenvalue weighted by atomic mass is 16.6. The lowest BCUT2D eigenvalue weighted by Crippen LogP contribution is -2.22. The van der Waals surface area contributed by atoms with Crippen LogP contribution in [0.4, 0.5) is 17.1 Å². The first-order valence-electron chi connectivity index (χ1n) is 8.12. The number of nitro groups is 1.